The van der Waals surface area contributed by atoms with Gasteiger partial charge >= 0.3 is 12.1 Å². The maximum atomic E-state index is 11.9. The standard InChI is InChI=1S/C9H11F3N4O3/c1-5(16-8(19)9(10,11)12)7(18)15-4-6(17)14-3-2-13/h5H,3-4H2,1H3,(H,14,17)(H,15,18)(H,16,19)/t5-/m0/s1. The van der Waals surface area contributed by atoms with Gasteiger partial charge in [-0.1, -0.05) is 0 Å². The number of halogens is 3. The van der Waals surface area contributed by atoms with Gasteiger partial charge in [-0.25, -0.2) is 0 Å². The second-order valence-electron chi connectivity index (χ2n) is 3.35. The van der Waals surface area contributed by atoms with Crippen molar-refractivity contribution < 1.29 is 27.6 Å². The summed E-state index contributed by atoms with van der Waals surface area (Å²) in [5.74, 6) is -3.88. The van der Waals surface area contributed by atoms with E-state index in [2.05, 4.69) is 5.32 Å². The van der Waals surface area contributed by atoms with Gasteiger partial charge in [-0.05, 0) is 6.92 Å². The summed E-state index contributed by atoms with van der Waals surface area (Å²) in [5, 5.41) is 13.7. The molecule has 3 amide bonds. The van der Waals surface area contributed by atoms with E-state index in [1.165, 1.54) is 5.32 Å². The number of nitrogens with zero attached hydrogens (tertiary/aromatic N) is 1. The van der Waals surface area contributed by atoms with E-state index in [1.807, 2.05) is 5.32 Å². The Balaban J connectivity index is 4.12. The van der Waals surface area contributed by atoms with Crippen molar-refractivity contribution in [2.24, 2.45) is 0 Å². The molecule has 0 aromatic rings. The topological polar surface area (TPSA) is 111 Å². The van der Waals surface area contributed by atoms with Gasteiger partial charge in [0, 0.05) is 0 Å². The molecular formula is C9H11F3N4O3. The molecular weight excluding hydrogens is 269 g/mol. The molecule has 0 unspecified atom stereocenters. The van der Waals surface area contributed by atoms with Crippen molar-refractivity contribution in [1.29, 1.82) is 5.26 Å². The predicted octanol–water partition coefficient (Wildman–Crippen LogP) is -1.19. The normalized spacial score (nSPS) is 11.9. The van der Waals surface area contributed by atoms with Crippen LogP contribution in [0.1, 0.15) is 6.92 Å². The first kappa shape index (κ1) is 16.7. The first-order chi connectivity index (χ1) is 8.68. The molecule has 0 fully saturated rings. The van der Waals surface area contributed by atoms with Crippen molar-refractivity contribution in [3.8, 4) is 6.07 Å². The highest BCUT2D eigenvalue weighted by Crippen LogP contribution is 2.14. The maximum absolute atomic E-state index is 11.9. The van der Waals surface area contributed by atoms with Crippen LogP contribution in [0, 0.1) is 11.3 Å². The summed E-state index contributed by atoms with van der Waals surface area (Å²) < 4.78 is 35.7. The van der Waals surface area contributed by atoms with Crippen molar-refractivity contribution in [2.45, 2.75) is 19.1 Å². The SMILES string of the molecule is C[C@H](NC(=O)C(F)(F)F)C(=O)NCC(=O)NCC#N. The van der Waals surface area contributed by atoms with Crippen LogP contribution in [-0.2, 0) is 14.4 Å². The largest absolute Gasteiger partial charge is 0.471 e. The van der Waals surface area contributed by atoms with Gasteiger partial charge in [0.2, 0.25) is 11.8 Å². The molecule has 0 aliphatic carbocycles. The number of amides is 3. The number of nitriles is 1. The maximum Gasteiger partial charge on any atom is 0.471 e. The summed E-state index contributed by atoms with van der Waals surface area (Å²) in [6.07, 6.45) is -5.08. The number of nitrogens with one attached hydrogen (secondary N) is 3. The fraction of sp³-hybridized carbons (Fsp3) is 0.556. The summed E-state index contributed by atoms with van der Waals surface area (Å²) in [6.45, 7) is 0.272. The van der Waals surface area contributed by atoms with Gasteiger partial charge in [-0.2, -0.15) is 18.4 Å². The highest BCUT2D eigenvalue weighted by Gasteiger charge is 2.39. The Hall–Kier alpha value is -2.31. The molecule has 3 N–H and O–H groups in total. The van der Waals surface area contributed by atoms with E-state index >= 15 is 0 Å². The molecule has 7 nitrogen and oxygen atoms in total. The molecule has 106 valence electrons. The van der Waals surface area contributed by atoms with Crippen LogP contribution in [0.4, 0.5) is 13.2 Å². The number of alkyl halides is 3. The van der Waals surface area contributed by atoms with Crippen LogP contribution in [0.25, 0.3) is 0 Å². The average molecular weight is 280 g/mol. The highest BCUT2D eigenvalue weighted by molar-refractivity contribution is 5.91. The minimum absolute atomic E-state index is 0.255. The van der Waals surface area contributed by atoms with Crippen LogP contribution >= 0.6 is 0 Å². The van der Waals surface area contributed by atoms with Crippen molar-refractivity contribution >= 4 is 17.7 Å². The van der Waals surface area contributed by atoms with E-state index in [0.29, 0.717) is 0 Å². The molecule has 0 radical (unpaired) electrons. The lowest BCUT2D eigenvalue weighted by Crippen LogP contribution is -2.50. The van der Waals surface area contributed by atoms with Gasteiger partial charge in [-0.3, -0.25) is 14.4 Å². The minimum Gasteiger partial charge on any atom is -0.345 e. The summed E-state index contributed by atoms with van der Waals surface area (Å²) in [4.78, 5) is 32.7. The molecule has 0 saturated carbocycles. The molecule has 0 spiro atoms. The van der Waals surface area contributed by atoms with Crippen LogP contribution in [0.2, 0.25) is 0 Å². The van der Waals surface area contributed by atoms with Crippen LogP contribution in [-0.4, -0.2) is 43.0 Å². The Labute approximate surface area is 106 Å². The van der Waals surface area contributed by atoms with E-state index in [1.54, 1.807) is 6.07 Å². The average Bonchev–Trinajstić information content (AvgIpc) is 2.31. The monoisotopic (exact) mass is 280 g/mol. The van der Waals surface area contributed by atoms with E-state index in [0.717, 1.165) is 6.92 Å². The molecule has 0 bridgehead atoms. The molecule has 0 aliphatic rings. The Kier molecular flexibility index (Phi) is 6.32. The van der Waals surface area contributed by atoms with Gasteiger partial charge in [-0.15, -0.1) is 0 Å². The van der Waals surface area contributed by atoms with E-state index in [9.17, 15) is 27.6 Å². The highest BCUT2D eigenvalue weighted by atomic mass is 19.4. The second kappa shape index (κ2) is 7.20. The number of carbonyl (C=O) groups is 3. The number of carbonyl (C=O) groups excluding carboxylic acids is 3. The number of hydrogen-bond donors (Lipinski definition) is 3. The first-order valence-electron chi connectivity index (χ1n) is 4.97. The summed E-state index contributed by atoms with van der Waals surface area (Å²) in [7, 11) is 0. The first-order valence-corrected chi connectivity index (χ1v) is 4.97. The van der Waals surface area contributed by atoms with Gasteiger partial charge < -0.3 is 16.0 Å². The summed E-state index contributed by atoms with van der Waals surface area (Å²) in [5.41, 5.74) is 0. The van der Waals surface area contributed by atoms with Crippen LogP contribution in [0.15, 0.2) is 0 Å². The molecule has 19 heavy (non-hydrogen) atoms. The zero-order valence-electron chi connectivity index (χ0n) is 9.80. The van der Waals surface area contributed by atoms with Crippen molar-refractivity contribution in [3.63, 3.8) is 0 Å². The van der Waals surface area contributed by atoms with Crippen LogP contribution in [0.3, 0.4) is 0 Å². The molecule has 0 heterocycles. The Bertz CT molecular complexity index is 402. The molecule has 0 aromatic carbocycles. The fourth-order valence-electron chi connectivity index (χ4n) is 0.865. The van der Waals surface area contributed by atoms with Crippen LogP contribution in [0.5, 0.6) is 0 Å². The third kappa shape index (κ3) is 6.87. The Morgan fingerprint density at radius 3 is 2.32 bits per heavy atom. The molecule has 0 aromatic heterocycles. The quantitative estimate of drug-likeness (QED) is 0.550. The van der Waals surface area contributed by atoms with Crippen LogP contribution < -0.4 is 16.0 Å². The Morgan fingerprint density at radius 1 is 1.26 bits per heavy atom. The number of rotatable bonds is 5. The lowest BCUT2D eigenvalue weighted by molar-refractivity contribution is -0.174. The van der Waals surface area contributed by atoms with E-state index in [-0.39, 0.29) is 6.54 Å². The molecule has 0 rings (SSSR count). The lowest BCUT2D eigenvalue weighted by Gasteiger charge is -2.14. The smallest absolute Gasteiger partial charge is 0.345 e. The predicted molar refractivity (Wildman–Crippen MR) is 55.3 cm³/mol. The van der Waals surface area contributed by atoms with Gasteiger partial charge in [0.25, 0.3) is 0 Å². The zero-order chi connectivity index (χ0) is 15.1. The van der Waals surface area contributed by atoms with Gasteiger partial charge in [0.1, 0.15) is 12.6 Å². The summed E-state index contributed by atoms with van der Waals surface area (Å²) in [6, 6.07) is 0.179. The molecule has 0 aliphatic heterocycles. The van der Waals surface area contributed by atoms with Gasteiger partial charge in [0.15, 0.2) is 0 Å². The third-order valence-corrected chi connectivity index (χ3v) is 1.79. The zero-order valence-corrected chi connectivity index (χ0v) is 9.80. The summed E-state index contributed by atoms with van der Waals surface area (Å²) >= 11 is 0. The van der Waals surface area contributed by atoms with E-state index in [4.69, 9.17) is 5.26 Å². The third-order valence-electron chi connectivity index (χ3n) is 1.79. The number of hydrogen-bond acceptors (Lipinski definition) is 4. The molecule has 0 saturated heterocycles. The second-order valence-corrected chi connectivity index (χ2v) is 3.35. The van der Waals surface area contributed by atoms with Crippen molar-refractivity contribution in [1.82, 2.24) is 16.0 Å². The van der Waals surface area contributed by atoms with Gasteiger partial charge in [0.05, 0.1) is 12.6 Å². The molecule has 1 atom stereocenters. The lowest BCUT2D eigenvalue weighted by atomic mass is 10.3. The molecule has 10 heteroatoms. The van der Waals surface area contributed by atoms with Crippen molar-refractivity contribution in [3.05, 3.63) is 0 Å². The fourth-order valence-corrected chi connectivity index (χ4v) is 0.865. The Morgan fingerprint density at radius 2 is 1.84 bits per heavy atom. The minimum atomic E-state index is -5.08. The van der Waals surface area contributed by atoms with E-state index < -0.39 is 36.5 Å². The van der Waals surface area contributed by atoms with Crippen molar-refractivity contribution in [2.75, 3.05) is 13.1 Å².